The van der Waals surface area contributed by atoms with Crippen LogP contribution in [0.1, 0.15) is 67.2 Å². The summed E-state index contributed by atoms with van der Waals surface area (Å²) in [7, 11) is -4.13. The van der Waals surface area contributed by atoms with Crippen LogP contribution in [0.15, 0.2) is 65.8 Å². The molecular weight excluding hydrogens is 592 g/mol. The van der Waals surface area contributed by atoms with E-state index in [4.69, 9.17) is 4.74 Å². The first-order valence-corrected chi connectivity index (χ1v) is 16.4. The molecule has 12 heteroatoms. The van der Waals surface area contributed by atoms with E-state index < -0.39 is 33.5 Å². The fraction of sp³-hybridized carbons (Fsp3) is 0.394. The Morgan fingerprint density at radius 3 is 2.38 bits per heavy atom. The number of nitrogens with one attached hydrogen (secondary N) is 3. The van der Waals surface area contributed by atoms with Gasteiger partial charge < -0.3 is 15.4 Å². The van der Waals surface area contributed by atoms with Crippen LogP contribution in [0.25, 0.3) is 10.9 Å². The molecule has 0 aliphatic rings. The monoisotopic (exact) mass is 634 g/mol. The normalized spacial score (nSPS) is 13.3. The van der Waals surface area contributed by atoms with Crippen LogP contribution in [0.2, 0.25) is 0 Å². The Labute approximate surface area is 264 Å². The molecule has 0 aliphatic heterocycles. The maximum absolute atomic E-state index is 13.5. The van der Waals surface area contributed by atoms with E-state index >= 15 is 0 Å². The number of rotatable bonds is 12. The minimum absolute atomic E-state index is 0.0850. The van der Waals surface area contributed by atoms with E-state index in [2.05, 4.69) is 32.4 Å². The van der Waals surface area contributed by atoms with Crippen molar-refractivity contribution in [3.63, 3.8) is 0 Å². The molecule has 11 nitrogen and oxygen atoms in total. The van der Waals surface area contributed by atoms with Gasteiger partial charge in [0.25, 0.3) is 5.91 Å². The highest BCUT2D eigenvalue weighted by atomic mass is 32.2. The van der Waals surface area contributed by atoms with Crippen LogP contribution < -0.4 is 15.4 Å². The fourth-order valence-corrected chi connectivity index (χ4v) is 6.86. The molecule has 0 spiro atoms. The standard InChI is InChI=1S/C33H42N6O5S/c1-21-16-22(2)30(23(3)17-21)45(42,43)38-27(32(41)44-33(5,6)7)20-36-31(40)25-11-12-28-26(18-25)19-37-39(28)24(4)13-15-35-29-10-8-9-14-34-29/h8-12,14,16-19,24,27,38H,13,15,20H2,1-7H3,(H,34,35)(H,36,40)/t24?,27-/m0/s1. The van der Waals surface area contributed by atoms with E-state index in [0.29, 0.717) is 23.2 Å². The predicted octanol–water partition coefficient (Wildman–Crippen LogP) is 4.84. The van der Waals surface area contributed by atoms with Crippen molar-refractivity contribution in [3.8, 4) is 0 Å². The van der Waals surface area contributed by atoms with Gasteiger partial charge in [-0.3, -0.25) is 14.3 Å². The number of amides is 1. The van der Waals surface area contributed by atoms with Crippen LogP contribution in [-0.4, -0.2) is 59.8 Å². The number of carbonyl (C=O) groups is 2. The number of aromatic nitrogens is 3. The Balaban J connectivity index is 1.46. The van der Waals surface area contributed by atoms with Crippen molar-refractivity contribution in [1.82, 2.24) is 24.8 Å². The number of pyridine rings is 1. The molecule has 240 valence electrons. The second kappa shape index (κ2) is 13.8. The summed E-state index contributed by atoms with van der Waals surface area (Å²) in [5.74, 6) is -0.447. The summed E-state index contributed by atoms with van der Waals surface area (Å²) in [6.45, 7) is 12.8. The van der Waals surface area contributed by atoms with Crippen molar-refractivity contribution < 1.29 is 22.7 Å². The first kappa shape index (κ1) is 33.6. The van der Waals surface area contributed by atoms with Gasteiger partial charge >= 0.3 is 5.97 Å². The Kier molecular flexibility index (Phi) is 10.3. The lowest BCUT2D eigenvalue weighted by molar-refractivity contribution is -0.156. The molecule has 2 aromatic carbocycles. The molecule has 3 N–H and O–H groups in total. The van der Waals surface area contributed by atoms with Crippen molar-refractivity contribution >= 4 is 38.6 Å². The first-order valence-electron chi connectivity index (χ1n) is 14.9. The van der Waals surface area contributed by atoms with Crippen LogP contribution in [0.3, 0.4) is 0 Å². The van der Waals surface area contributed by atoms with E-state index in [-0.39, 0.29) is 17.5 Å². The summed E-state index contributed by atoms with van der Waals surface area (Å²) in [5.41, 5.74) is 2.40. The van der Waals surface area contributed by atoms with Gasteiger partial charge in [0, 0.05) is 30.2 Å². The zero-order valence-electron chi connectivity index (χ0n) is 26.8. The van der Waals surface area contributed by atoms with Gasteiger partial charge in [-0.25, -0.2) is 13.4 Å². The molecule has 1 unspecified atom stereocenters. The molecule has 0 fully saturated rings. The summed E-state index contributed by atoms with van der Waals surface area (Å²) in [4.78, 5) is 30.7. The molecule has 1 amide bonds. The van der Waals surface area contributed by atoms with Crippen LogP contribution in [-0.2, 0) is 19.6 Å². The van der Waals surface area contributed by atoms with Gasteiger partial charge in [-0.05, 0) is 96.3 Å². The van der Waals surface area contributed by atoms with E-state index in [1.165, 1.54) is 0 Å². The number of fused-ring (bicyclic) bond motifs is 1. The van der Waals surface area contributed by atoms with E-state index in [0.717, 1.165) is 28.7 Å². The molecule has 0 saturated carbocycles. The Bertz CT molecular complexity index is 1760. The molecular formula is C33H42N6O5S. The molecule has 0 bridgehead atoms. The quantitative estimate of drug-likeness (QED) is 0.188. The van der Waals surface area contributed by atoms with Crippen molar-refractivity contribution in [1.29, 1.82) is 0 Å². The van der Waals surface area contributed by atoms with E-state index in [1.807, 2.05) is 35.9 Å². The smallest absolute Gasteiger partial charge is 0.326 e. The molecule has 0 radical (unpaired) electrons. The van der Waals surface area contributed by atoms with Crippen molar-refractivity contribution in [2.75, 3.05) is 18.4 Å². The topological polar surface area (TPSA) is 144 Å². The maximum atomic E-state index is 13.5. The lowest BCUT2D eigenvalue weighted by atomic mass is 10.1. The lowest BCUT2D eigenvalue weighted by Crippen LogP contribution is -2.50. The van der Waals surface area contributed by atoms with Crippen LogP contribution in [0.4, 0.5) is 5.82 Å². The van der Waals surface area contributed by atoms with Crippen molar-refractivity contribution in [2.45, 2.75) is 77.5 Å². The number of carbonyl (C=O) groups excluding carboxylic acids is 2. The van der Waals surface area contributed by atoms with Gasteiger partial charge in [0.2, 0.25) is 10.0 Å². The Morgan fingerprint density at radius 2 is 1.73 bits per heavy atom. The number of esters is 1. The first-order chi connectivity index (χ1) is 21.1. The number of nitrogens with zero attached hydrogens (tertiary/aromatic N) is 3. The fourth-order valence-electron chi connectivity index (χ4n) is 5.22. The Morgan fingerprint density at radius 1 is 1.02 bits per heavy atom. The average molecular weight is 635 g/mol. The third kappa shape index (κ3) is 8.67. The van der Waals surface area contributed by atoms with Gasteiger partial charge in [0.1, 0.15) is 17.5 Å². The van der Waals surface area contributed by atoms with Gasteiger partial charge in [-0.2, -0.15) is 9.82 Å². The molecule has 2 aromatic heterocycles. The highest BCUT2D eigenvalue weighted by Crippen LogP contribution is 2.23. The highest BCUT2D eigenvalue weighted by molar-refractivity contribution is 7.89. The lowest BCUT2D eigenvalue weighted by Gasteiger charge is -2.25. The summed E-state index contributed by atoms with van der Waals surface area (Å²) < 4.78 is 36.8. The molecule has 4 rings (SSSR count). The number of sulfonamides is 1. The van der Waals surface area contributed by atoms with Gasteiger partial charge in [-0.1, -0.05) is 23.8 Å². The van der Waals surface area contributed by atoms with Crippen molar-refractivity contribution in [2.24, 2.45) is 0 Å². The highest BCUT2D eigenvalue weighted by Gasteiger charge is 2.32. The number of aryl methyl sites for hydroxylation is 3. The van der Waals surface area contributed by atoms with Gasteiger partial charge in [0.05, 0.1) is 22.7 Å². The zero-order chi connectivity index (χ0) is 32.9. The Hall–Kier alpha value is -4.29. The molecule has 4 aromatic rings. The SMILES string of the molecule is Cc1cc(C)c(S(=O)(=O)N[C@@H](CNC(=O)c2ccc3c(cnn3C(C)CCNc3ccccn3)c2)C(=O)OC(C)(C)C)c(C)c1. The number of hydrogen-bond acceptors (Lipinski definition) is 8. The molecule has 2 heterocycles. The maximum Gasteiger partial charge on any atom is 0.326 e. The molecule has 0 aliphatic carbocycles. The molecule has 2 atom stereocenters. The summed E-state index contributed by atoms with van der Waals surface area (Å²) in [6, 6.07) is 13.2. The minimum atomic E-state index is -4.13. The summed E-state index contributed by atoms with van der Waals surface area (Å²) in [6.07, 6.45) is 4.25. The van der Waals surface area contributed by atoms with Gasteiger partial charge in [-0.15, -0.1) is 0 Å². The minimum Gasteiger partial charge on any atom is -0.459 e. The van der Waals surface area contributed by atoms with Crippen LogP contribution in [0, 0.1) is 20.8 Å². The summed E-state index contributed by atoms with van der Waals surface area (Å²) >= 11 is 0. The number of benzene rings is 2. The average Bonchev–Trinajstić information content (AvgIpc) is 3.37. The van der Waals surface area contributed by atoms with E-state index in [9.17, 15) is 18.0 Å². The number of hydrogen-bond donors (Lipinski definition) is 3. The van der Waals surface area contributed by atoms with Crippen molar-refractivity contribution in [3.05, 3.63) is 83.2 Å². The predicted molar refractivity (Wildman–Crippen MR) is 175 cm³/mol. The van der Waals surface area contributed by atoms with Gasteiger partial charge in [0.15, 0.2) is 0 Å². The van der Waals surface area contributed by atoms with E-state index in [1.54, 1.807) is 71.3 Å². The molecule has 0 saturated heterocycles. The second-order valence-corrected chi connectivity index (χ2v) is 13.9. The van der Waals surface area contributed by atoms with Crippen LogP contribution >= 0.6 is 0 Å². The zero-order valence-corrected chi connectivity index (χ0v) is 27.7. The number of anilines is 1. The molecule has 45 heavy (non-hydrogen) atoms. The largest absolute Gasteiger partial charge is 0.459 e. The third-order valence-corrected chi connectivity index (χ3v) is 8.91. The van der Waals surface area contributed by atoms with Crippen LogP contribution in [0.5, 0.6) is 0 Å². The number of ether oxygens (including phenoxy) is 1. The second-order valence-electron chi connectivity index (χ2n) is 12.3. The third-order valence-electron chi connectivity index (χ3n) is 7.14. The summed E-state index contributed by atoms with van der Waals surface area (Å²) in [5, 5.41) is 11.3.